The molecule has 4 heteroatoms. The van der Waals surface area contributed by atoms with Crippen molar-refractivity contribution in [3.8, 4) is 0 Å². The largest absolute Gasteiger partial charge is 0.465 e. The summed E-state index contributed by atoms with van der Waals surface area (Å²) < 4.78 is 10.8. The highest BCUT2D eigenvalue weighted by Crippen LogP contribution is 2.19. The summed E-state index contributed by atoms with van der Waals surface area (Å²) in [7, 11) is 0. The van der Waals surface area contributed by atoms with Crippen LogP contribution in [0.2, 0.25) is 0 Å². The molecule has 0 saturated carbocycles. The van der Waals surface area contributed by atoms with E-state index in [2.05, 4.69) is 0 Å². The molecule has 0 radical (unpaired) electrons. The van der Waals surface area contributed by atoms with E-state index < -0.39 is 0 Å². The van der Waals surface area contributed by atoms with Crippen LogP contribution in [-0.2, 0) is 20.9 Å². The molecule has 0 aliphatic carbocycles. The smallest absolute Gasteiger partial charge is 0.313 e. The Morgan fingerprint density at radius 3 is 2.38 bits per heavy atom. The molecule has 0 fully saturated rings. The summed E-state index contributed by atoms with van der Waals surface area (Å²) in [6, 6.07) is 7.80. The van der Waals surface area contributed by atoms with Crippen LogP contribution in [0.1, 0.15) is 51.2 Å². The summed E-state index contributed by atoms with van der Waals surface area (Å²) in [6.45, 7) is 8.73. The Bertz CT molecular complexity index is 431. The van der Waals surface area contributed by atoms with Gasteiger partial charge in [-0.25, -0.2) is 0 Å². The molecular weight excluding hydrogens is 268 g/mol. The van der Waals surface area contributed by atoms with Gasteiger partial charge in [-0.15, -0.1) is 0 Å². The predicted molar refractivity (Wildman–Crippen MR) is 82.1 cm³/mol. The molecular formula is C17H26O4. The molecule has 1 aromatic carbocycles. The Morgan fingerprint density at radius 2 is 1.86 bits per heavy atom. The summed E-state index contributed by atoms with van der Waals surface area (Å²) in [4.78, 5) is 11.8. The molecule has 0 amide bonds. The fraction of sp³-hybridized carbons (Fsp3) is 0.588. The minimum atomic E-state index is -0.304. The molecule has 0 heterocycles. The molecule has 0 aromatic heterocycles. The molecule has 1 atom stereocenters. The number of hydrogen-bond acceptors (Lipinski definition) is 4. The monoisotopic (exact) mass is 294 g/mol. The Labute approximate surface area is 127 Å². The first-order valence-corrected chi connectivity index (χ1v) is 7.34. The van der Waals surface area contributed by atoms with E-state index in [-0.39, 0.29) is 30.7 Å². The summed E-state index contributed by atoms with van der Waals surface area (Å²) in [5.74, 6) is -0.566. The molecule has 0 spiro atoms. The zero-order valence-corrected chi connectivity index (χ0v) is 13.4. The number of esters is 1. The van der Waals surface area contributed by atoms with Gasteiger partial charge in [-0.1, -0.05) is 24.3 Å². The van der Waals surface area contributed by atoms with E-state index in [4.69, 9.17) is 14.6 Å². The Hall–Kier alpha value is -1.39. The highest BCUT2D eigenvalue weighted by atomic mass is 16.5. The normalized spacial score (nSPS) is 13.0. The maximum Gasteiger partial charge on any atom is 0.313 e. The van der Waals surface area contributed by atoms with E-state index in [9.17, 15) is 4.79 Å². The highest BCUT2D eigenvalue weighted by Gasteiger charge is 2.16. The number of aliphatic hydroxyl groups is 1. The van der Waals surface area contributed by atoms with Gasteiger partial charge in [0.2, 0.25) is 0 Å². The van der Waals surface area contributed by atoms with Crippen LogP contribution in [0, 0.1) is 0 Å². The van der Waals surface area contributed by atoms with Crippen LogP contribution in [0.3, 0.4) is 0 Å². The summed E-state index contributed by atoms with van der Waals surface area (Å²) in [6.07, 6.45) is 0.474. The van der Waals surface area contributed by atoms with Gasteiger partial charge in [0, 0.05) is 13.0 Å². The van der Waals surface area contributed by atoms with E-state index in [1.807, 2.05) is 52.0 Å². The third-order valence-electron chi connectivity index (χ3n) is 3.05. The van der Waals surface area contributed by atoms with Crippen molar-refractivity contribution in [1.29, 1.82) is 0 Å². The molecule has 0 aliphatic rings. The van der Waals surface area contributed by atoms with Gasteiger partial charge in [-0.05, 0) is 38.8 Å². The third kappa shape index (κ3) is 6.74. The second kappa shape index (κ2) is 8.15. The van der Waals surface area contributed by atoms with E-state index in [1.54, 1.807) is 0 Å². The van der Waals surface area contributed by atoms with Gasteiger partial charge < -0.3 is 14.6 Å². The summed E-state index contributed by atoms with van der Waals surface area (Å²) >= 11 is 0. The van der Waals surface area contributed by atoms with Gasteiger partial charge in [0.05, 0.1) is 24.7 Å². The first-order chi connectivity index (χ1) is 9.83. The molecule has 0 unspecified atom stereocenters. The van der Waals surface area contributed by atoms with Crippen LogP contribution in [0.15, 0.2) is 24.3 Å². The standard InChI is InChI=1S/C17H26O4/c1-13(16(19)20-11-5-10-18)15-8-6-14(7-9-15)12-21-17(2,3)4/h6-9,13,18H,5,10-12H2,1-4H3/t13-/m0/s1. The maximum atomic E-state index is 11.8. The summed E-state index contributed by atoms with van der Waals surface area (Å²) in [5, 5.41) is 8.67. The molecule has 118 valence electrons. The van der Waals surface area contributed by atoms with Crippen molar-refractivity contribution in [3.05, 3.63) is 35.4 Å². The fourth-order valence-electron chi connectivity index (χ4n) is 1.70. The number of carbonyl (C=O) groups is 1. The average molecular weight is 294 g/mol. The molecule has 0 aliphatic heterocycles. The van der Waals surface area contributed by atoms with Crippen LogP contribution in [0.25, 0.3) is 0 Å². The Kier molecular flexibility index (Phi) is 6.85. The first-order valence-electron chi connectivity index (χ1n) is 7.34. The van der Waals surface area contributed by atoms with Crippen LogP contribution in [-0.4, -0.2) is 29.9 Å². The van der Waals surface area contributed by atoms with E-state index in [0.717, 1.165) is 11.1 Å². The zero-order chi connectivity index (χ0) is 15.9. The second-order valence-electron chi connectivity index (χ2n) is 6.11. The van der Waals surface area contributed by atoms with Crippen LogP contribution < -0.4 is 0 Å². The topological polar surface area (TPSA) is 55.8 Å². The summed E-state index contributed by atoms with van der Waals surface area (Å²) in [5.41, 5.74) is 1.83. The molecule has 1 N–H and O–H groups in total. The number of carbonyl (C=O) groups excluding carboxylic acids is 1. The maximum absolute atomic E-state index is 11.8. The first kappa shape index (κ1) is 17.7. The van der Waals surface area contributed by atoms with Crippen molar-refractivity contribution in [2.75, 3.05) is 13.2 Å². The van der Waals surface area contributed by atoms with Gasteiger partial charge >= 0.3 is 5.97 Å². The van der Waals surface area contributed by atoms with Crippen molar-refractivity contribution >= 4 is 5.97 Å². The lowest BCUT2D eigenvalue weighted by molar-refractivity contribution is -0.145. The van der Waals surface area contributed by atoms with E-state index in [1.165, 1.54) is 0 Å². The number of ether oxygens (including phenoxy) is 2. The van der Waals surface area contributed by atoms with Crippen molar-refractivity contribution in [1.82, 2.24) is 0 Å². The molecule has 1 aromatic rings. The number of hydrogen-bond donors (Lipinski definition) is 1. The lowest BCUT2D eigenvalue weighted by atomic mass is 10.00. The number of benzene rings is 1. The van der Waals surface area contributed by atoms with E-state index >= 15 is 0 Å². The molecule has 0 bridgehead atoms. The predicted octanol–water partition coefficient (Wildman–Crippen LogP) is 3.03. The van der Waals surface area contributed by atoms with Gasteiger partial charge in [-0.2, -0.15) is 0 Å². The highest BCUT2D eigenvalue weighted by molar-refractivity contribution is 5.77. The Balaban J connectivity index is 2.54. The van der Waals surface area contributed by atoms with Gasteiger partial charge in [0.25, 0.3) is 0 Å². The Morgan fingerprint density at radius 1 is 1.24 bits per heavy atom. The molecule has 4 nitrogen and oxygen atoms in total. The molecule has 0 saturated heterocycles. The third-order valence-corrected chi connectivity index (χ3v) is 3.05. The zero-order valence-electron chi connectivity index (χ0n) is 13.4. The van der Waals surface area contributed by atoms with E-state index in [0.29, 0.717) is 13.0 Å². The molecule has 1 rings (SSSR count). The minimum Gasteiger partial charge on any atom is -0.465 e. The average Bonchev–Trinajstić information content (AvgIpc) is 2.44. The van der Waals surface area contributed by atoms with Crippen LogP contribution >= 0.6 is 0 Å². The van der Waals surface area contributed by atoms with Gasteiger partial charge in [0.1, 0.15) is 0 Å². The van der Waals surface area contributed by atoms with Gasteiger partial charge in [-0.3, -0.25) is 4.79 Å². The van der Waals surface area contributed by atoms with Crippen LogP contribution in [0.4, 0.5) is 0 Å². The lowest BCUT2D eigenvalue weighted by Crippen LogP contribution is -2.18. The van der Waals surface area contributed by atoms with Crippen molar-refractivity contribution in [2.45, 2.75) is 52.2 Å². The fourth-order valence-corrected chi connectivity index (χ4v) is 1.70. The van der Waals surface area contributed by atoms with Crippen molar-refractivity contribution in [3.63, 3.8) is 0 Å². The van der Waals surface area contributed by atoms with Gasteiger partial charge in [0.15, 0.2) is 0 Å². The van der Waals surface area contributed by atoms with Crippen LogP contribution in [0.5, 0.6) is 0 Å². The van der Waals surface area contributed by atoms with Crippen molar-refractivity contribution in [2.24, 2.45) is 0 Å². The minimum absolute atomic E-state index is 0.0319. The number of rotatable bonds is 7. The lowest BCUT2D eigenvalue weighted by Gasteiger charge is -2.19. The second-order valence-corrected chi connectivity index (χ2v) is 6.11. The molecule has 21 heavy (non-hydrogen) atoms. The number of aliphatic hydroxyl groups excluding tert-OH is 1. The quantitative estimate of drug-likeness (QED) is 0.620. The van der Waals surface area contributed by atoms with Crippen molar-refractivity contribution < 1.29 is 19.4 Å². The SMILES string of the molecule is C[C@H](C(=O)OCCCO)c1ccc(COC(C)(C)C)cc1.